The van der Waals surface area contributed by atoms with Gasteiger partial charge < -0.3 is 14.6 Å². The molecule has 1 spiro atoms. The van der Waals surface area contributed by atoms with Crippen LogP contribution in [0.15, 0.2) is 16.5 Å². The molecule has 1 aromatic rings. The topological polar surface area (TPSA) is 62.6 Å². The minimum absolute atomic E-state index is 0.0516. The highest BCUT2D eigenvalue weighted by molar-refractivity contribution is 6.02. The molecule has 1 unspecified atom stereocenters. The van der Waals surface area contributed by atoms with Crippen molar-refractivity contribution in [1.29, 1.82) is 0 Å². The highest BCUT2D eigenvalue weighted by Gasteiger charge is 2.64. The van der Waals surface area contributed by atoms with Crippen LogP contribution in [0.2, 0.25) is 0 Å². The quantitative estimate of drug-likeness (QED) is 0.869. The summed E-state index contributed by atoms with van der Waals surface area (Å²) in [6.07, 6.45) is 3.76. The van der Waals surface area contributed by atoms with Crippen molar-refractivity contribution in [3.8, 4) is 0 Å². The minimum Gasteiger partial charge on any atom is -0.465 e. The van der Waals surface area contributed by atoms with E-state index in [0.29, 0.717) is 6.54 Å². The maximum atomic E-state index is 12.7. The van der Waals surface area contributed by atoms with E-state index in [9.17, 15) is 9.59 Å². The van der Waals surface area contributed by atoms with E-state index in [-0.39, 0.29) is 23.9 Å². The molecule has 2 amide bonds. The van der Waals surface area contributed by atoms with Crippen LogP contribution in [0, 0.1) is 12.3 Å². The molecule has 0 aromatic carbocycles. The Hall–Kier alpha value is -1.78. The lowest BCUT2D eigenvalue weighted by molar-refractivity contribution is -0.181. The summed E-state index contributed by atoms with van der Waals surface area (Å²) in [7, 11) is 0. The van der Waals surface area contributed by atoms with Gasteiger partial charge in [-0.3, -0.25) is 9.59 Å². The van der Waals surface area contributed by atoms with Crippen LogP contribution in [0.3, 0.4) is 0 Å². The number of furan rings is 1. The number of nitrogens with one attached hydrogen (secondary N) is 1. The first-order chi connectivity index (χ1) is 10.5. The number of rotatable bonds is 4. The standard InChI is InChI=1S/C17H24N2O3/c1-11(2)19-14(17(16(19)21)8-4-5-9-17)15(20)18-10-13-7-6-12(3)22-13/h6-7,11,14H,4-5,8-10H2,1-3H3,(H,18,20). The number of hydrogen-bond donors (Lipinski definition) is 1. The Kier molecular flexibility index (Phi) is 3.75. The van der Waals surface area contributed by atoms with Crippen LogP contribution in [0.25, 0.3) is 0 Å². The Balaban J connectivity index is 1.72. The summed E-state index contributed by atoms with van der Waals surface area (Å²) in [5.41, 5.74) is -0.437. The van der Waals surface area contributed by atoms with Gasteiger partial charge in [0.2, 0.25) is 11.8 Å². The van der Waals surface area contributed by atoms with Crippen LogP contribution < -0.4 is 5.32 Å². The van der Waals surface area contributed by atoms with E-state index >= 15 is 0 Å². The predicted molar refractivity (Wildman–Crippen MR) is 82.0 cm³/mol. The molecule has 3 rings (SSSR count). The fraction of sp³-hybridized carbons (Fsp3) is 0.647. The molecule has 1 aliphatic carbocycles. The van der Waals surface area contributed by atoms with Gasteiger partial charge in [0.15, 0.2) is 0 Å². The van der Waals surface area contributed by atoms with Crippen LogP contribution in [0.4, 0.5) is 0 Å². The number of nitrogens with zero attached hydrogens (tertiary/aromatic N) is 1. The molecule has 0 radical (unpaired) electrons. The van der Waals surface area contributed by atoms with E-state index in [1.165, 1.54) is 0 Å². The smallest absolute Gasteiger partial charge is 0.244 e. The van der Waals surface area contributed by atoms with Gasteiger partial charge in [0.05, 0.1) is 12.0 Å². The van der Waals surface area contributed by atoms with Crippen molar-refractivity contribution in [3.05, 3.63) is 23.7 Å². The lowest BCUT2D eigenvalue weighted by Gasteiger charge is -2.55. The van der Waals surface area contributed by atoms with E-state index in [4.69, 9.17) is 4.42 Å². The molecule has 1 atom stereocenters. The Morgan fingerprint density at radius 2 is 2.09 bits per heavy atom. The maximum Gasteiger partial charge on any atom is 0.244 e. The normalized spacial score (nSPS) is 23.2. The Bertz CT molecular complexity index is 584. The molecule has 1 aromatic heterocycles. The maximum absolute atomic E-state index is 12.7. The third kappa shape index (κ3) is 2.23. The number of hydrogen-bond acceptors (Lipinski definition) is 3. The summed E-state index contributed by atoms with van der Waals surface area (Å²) >= 11 is 0. The van der Waals surface area contributed by atoms with Crippen molar-refractivity contribution < 1.29 is 14.0 Å². The van der Waals surface area contributed by atoms with E-state index < -0.39 is 5.41 Å². The Morgan fingerprint density at radius 1 is 1.41 bits per heavy atom. The lowest BCUT2D eigenvalue weighted by atomic mass is 9.68. The van der Waals surface area contributed by atoms with Crippen LogP contribution in [0.5, 0.6) is 0 Å². The third-order valence-electron chi connectivity index (χ3n) is 5.00. The van der Waals surface area contributed by atoms with Gasteiger partial charge in [0.1, 0.15) is 17.6 Å². The summed E-state index contributed by atoms with van der Waals surface area (Å²) in [5.74, 6) is 1.69. The second kappa shape index (κ2) is 5.45. The summed E-state index contributed by atoms with van der Waals surface area (Å²) < 4.78 is 5.48. The van der Waals surface area contributed by atoms with Gasteiger partial charge in [-0.2, -0.15) is 0 Å². The van der Waals surface area contributed by atoms with Crippen molar-refractivity contribution in [3.63, 3.8) is 0 Å². The van der Waals surface area contributed by atoms with Crippen molar-refractivity contribution in [2.45, 2.75) is 65.1 Å². The first kappa shape index (κ1) is 15.1. The molecule has 1 aliphatic heterocycles. The Labute approximate surface area is 131 Å². The number of amides is 2. The highest BCUT2D eigenvalue weighted by Crippen LogP contribution is 2.52. The molecule has 5 heteroatoms. The zero-order chi connectivity index (χ0) is 15.9. The molecule has 2 aliphatic rings. The average Bonchev–Trinajstić information content (AvgIpc) is 3.11. The number of aryl methyl sites for hydroxylation is 1. The zero-order valence-electron chi connectivity index (χ0n) is 13.5. The van der Waals surface area contributed by atoms with Crippen molar-refractivity contribution in [2.24, 2.45) is 5.41 Å². The van der Waals surface area contributed by atoms with Gasteiger partial charge in [-0.25, -0.2) is 0 Å². The molecule has 120 valence electrons. The molecule has 1 N–H and O–H groups in total. The molecule has 5 nitrogen and oxygen atoms in total. The van der Waals surface area contributed by atoms with Gasteiger partial charge in [-0.1, -0.05) is 12.8 Å². The van der Waals surface area contributed by atoms with E-state index in [1.807, 2.05) is 32.9 Å². The SMILES string of the molecule is Cc1ccc(CNC(=O)C2N(C(C)C)C(=O)C23CCCC3)o1. The molecule has 0 bridgehead atoms. The third-order valence-corrected chi connectivity index (χ3v) is 5.00. The Morgan fingerprint density at radius 3 is 2.64 bits per heavy atom. The molecular weight excluding hydrogens is 280 g/mol. The summed E-state index contributed by atoms with van der Waals surface area (Å²) in [6.45, 7) is 6.19. The predicted octanol–water partition coefficient (Wildman–Crippen LogP) is 2.38. The van der Waals surface area contributed by atoms with Gasteiger partial charge >= 0.3 is 0 Å². The monoisotopic (exact) mass is 304 g/mol. The van der Waals surface area contributed by atoms with E-state index in [0.717, 1.165) is 37.2 Å². The van der Waals surface area contributed by atoms with Gasteiger partial charge in [0, 0.05) is 6.04 Å². The van der Waals surface area contributed by atoms with E-state index in [2.05, 4.69) is 5.32 Å². The molecule has 22 heavy (non-hydrogen) atoms. The minimum atomic E-state index is -0.437. The van der Waals surface area contributed by atoms with Crippen LogP contribution in [-0.2, 0) is 16.1 Å². The second-order valence-electron chi connectivity index (χ2n) is 6.80. The summed E-state index contributed by atoms with van der Waals surface area (Å²) in [5, 5.41) is 2.94. The molecular formula is C17H24N2O3. The van der Waals surface area contributed by atoms with Crippen molar-refractivity contribution in [1.82, 2.24) is 10.2 Å². The van der Waals surface area contributed by atoms with Crippen LogP contribution in [0.1, 0.15) is 51.1 Å². The van der Waals surface area contributed by atoms with Crippen LogP contribution >= 0.6 is 0 Å². The van der Waals surface area contributed by atoms with Gasteiger partial charge in [-0.15, -0.1) is 0 Å². The average molecular weight is 304 g/mol. The molecule has 1 saturated heterocycles. The lowest BCUT2D eigenvalue weighted by Crippen LogP contribution is -2.74. The fourth-order valence-corrected chi connectivity index (χ4v) is 3.95. The first-order valence-electron chi connectivity index (χ1n) is 8.11. The summed E-state index contributed by atoms with van der Waals surface area (Å²) in [6, 6.07) is 3.49. The van der Waals surface area contributed by atoms with Crippen molar-refractivity contribution in [2.75, 3.05) is 0 Å². The second-order valence-corrected chi connectivity index (χ2v) is 6.80. The highest BCUT2D eigenvalue weighted by atomic mass is 16.3. The number of carbonyl (C=O) groups is 2. The van der Waals surface area contributed by atoms with Gasteiger partial charge in [0.25, 0.3) is 0 Å². The molecule has 1 saturated carbocycles. The molecule has 2 fully saturated rings. The fourth-order valence-electron chi connectivity index (χ4n) is 3.95. The van der Waals surface area contributed by atoms with Gasteiger partial charge in [-0.05, 0) is 45.7 Å². The number of β-lactam (4-membered cyclic amide) rings is 1. The first-order valence-corrected chi connectivity index (χ1v) is 8.11. The van der Waals surface area contributed by atoms with Crippen molar-refractivity contribution >= 4 is 11.8 Å². The van der Waals surface area contributed by atoms with E-state index in [1.54, 1.807) is 4.90 Å². The molecule has 2 heterocycles. The number of carbonyl (C=O) groups excluding carboxylic acids is 2. The number of likely N-dealkylation sites (tertiary alicyclic amines) is 1. The van der Waals surface area contributed by atoms with Crippen LogP contribution in [-0.4, -0.2) is 28.8 Å². The zero-order valence-corrected chi connectivity index (χ0v) is 13.5. The summed E-state index contributed by atoms with van der Waals surface area (Å²) in [4.78, 5) is 27.0. The largest absolute Gasteiger partial charge is 0.465 e.